The van der Waals surface area contributed by atoms with E-state index >= 15 is 0 Å². The Bertz CT molecular complexity index is 1140. The van der Waals surface area contributed by atoms with Crippen LogP contribution in [0.3, 0.4) is 0 Å². The molecule has 0 saturated heterocycles. The van der Waals surface area contributed by atoms with E-state index in [9.17, 15) is 0 Å². The second-order valence-corrected chi connectivity index (χ2v) is 29.6. The summed E-state index contributed by atoms with van der Waals surface area (Å²) in [7, 11) is 8.37. The molecule has 0 aliphatic heterocycles. The second kappa shape index (κ2) is 11.9. The van der Waals surface area contributed by atoms with Crippen LogP contribution in [0.2, 0.25) is 39.3 Å². The fourth-order valence-electron chi connectivity index (χ4n) is 4.08. The molecule has 0 aliphatic rings. The van der Waals surface area contributed by atoms with Gasteiger partial charge in [-0.05, 0) is 0 Å². The van der Waals surface area contributed by atoms with E-state index in [2.05, 4.69) is 114 Å². The first-order chi connectivity index (χ1) is 15.2. The Kier molecular flexibility index (Phi) is 10.3. The molecule has 4 rings (SSSR count). The molecule has 0 nitrogen and oxygen atoms in total. The maximum Gasteiger partial charge on any atom is 0.0662 e. The van der Waals surface area contributed by atoms with Gasteiger partial charge in [0.25, 0.3) is 0 Å². The minimum Gasteiger partial charge on any atom is -0.165 e. The number of rotatable bonds is 2. The molecule has 4 aromatic rings. The number of halogens is 2. The zero-order chi connectivity index (χ0) is 25.0. The van der Waals surface area contributed by atoms with Crippen molar-refractivity contribution in [3.8, 4) is 0 Å². The molecule has 0 fully saturated rings. The first-order valence-electron chi connectivity index (χ1n) is 11.5. The Morgan fingerprint density at radius 1 is 0.697 bits per heavy atom. The van der Waals surface area contributed by atoms with E-state index in [-0.39, 0.29) is 0 Å². The summed E-state index contributed by atoms with van der Waals surface area (Å²) in [6.07, 6.45) is 0. The molecule has 0 atom stereocenters. The van der Waals surface area contributed by atoms with Gasteiger partial charge in [-0.2, -0.15) is 22.9 Å². The van der Waals surface area contributed by atoms with Crippen molar-refractivity contribution in [2.45, 2.75) is 60.1 Å². The average molecular weight is 593 g/mol. The summed E-state index contributed by atoms with van der Waals surface area (Å²) in [4.78, 5) is 0. The van der Waals surface area contributed by atoms with Crippen molar-refractivity contribution in [1.82, 2.24) is 0 Å². The SMILES string of the molecule is C[CH]=[Zr]([Cl])[Cl].Cc1cc2c([Si](C)(C)C)cccc2[cH-]1.Cc1cc2c([Si](C)(C)C)cccc2[cH-]1. The quantitative estimate of drug-likeness (QED) is 0.162. The molecular formula is C28H38Cl2Si2Zr-2. The van der Waals surface area contributed by atoms with E-state index < -0.39 is 35.0 Å². The van der Waals surface area contributed by atoms with Crippen molar-refractivity contribution in [1.29, 1.82) is 0 Å². The predicted octanol–water partition coefficient (Wildman–Crippen LogP) is 8.56. The molecule has 0 bridgehead atoms. The Hall–Kier alpha value is -0.573. The van der Waals surface area contributed by atoms with Crippen LogP contribution in [0.5, 0.6) is 0 Å². The molecule has 4 aromatic carbocycles. The van der Waals surface area contributed by atoms with Gasteiger partial charge in [-0.1, -0.05) is 65.3 Å². The van der Waals surface area contributed by atoms with Gasteiger partial charge in [-0.25, -0.2) is 0 Å². The molecule has 178 valence electrons. The molecule has 0 heterocycles. The fourth-order valence-corrected chi connectivity index (χ4v) is 7.32. The number of benzene rings is 2. The minimum atomic E-state index is -1.76. The van der Waals surface area contributed by atoms with Crippen molar-refractivity contribution >= 4 is 68.8 Å². The van der Waals surface area contributed by atoms with E-state index in [1.165, 1.54) is 32.7 Å². The van der Waals surface area contributed by atoms with E-state index in [4.69, 9.17) is 17.0 Å². The van der Waals surface area contributed by atoms with E-state index in [1.54, 1.807) is 10.4 Å². The monoisotopic (exact) mass is 590 g/mol. The number of hydrogen-bond donors (Lipinski definition) is 0. The van der Waals surface area contributed by atoms with Crippen LogP contribution in [-0.2, 0) is 18.9 Å². The third kappa shape index (κ3) is 8.25. The van der Waals surface area contributed by atoms with E-state index in [1.807, 2.05) is 10.6 Å². The maximum atomic E-state index is 5.37. The van der Waals surface area contributed by atoms with Crippen LogP contribution in [0.15, 0.2) is 60.7 Å². The first kappa shape index (κ1) is 28.7. The zero-order valence-electron chi connectivity index (χ0n) is 21.6. The van der Waals surface area contributed by atoms with Gasteiger partial charge in [0, 0.05) is 0 Å². The van der Waals surface area contributed by atoms with Gasteiger partial charge < -0.3 is 0 Å². The molecule has 0 unspecified atom stereocenters. The van der Waals surface area contributed by atoms with Crippen molar-refractivity contribution in [2.75, 3.05) is 0 Å². The van der Waals surface area contributed by atoms with Gasteiger partial charge in [-0.15, -0.1) is 68.7 Å². The van der Waals surface area contributed by atoms with Gasteiger partial charge in [0.15, 0.2) is 0 Å². The minimum absolute atomic E-state index is 1.18. The van der Waals surface area contributed by atoms with Crippen LogP contribution in [0.1, 0.15) is 18.1 Å². The summed E-state index contributed by atoms with van der Waals surface area (Å²) < 4.78 is 1.89. The van der Waals surface area contributed by atoms with Gasteiger partial charge in [0.1, 0.15) is 0 Å². The van der Waals surface area contributed by atoms with Crippen molar-refractivity contribution in [3.63, 3.8) is 0 Å². The first-order valence-corrected chi connectivity index (χ1v) is 26.3. The summed E-state index contributed by atoms with van der Waals surface area (Å²) in [6.45, 7) is 20.7. The van der Waals surface area contributed by atoms with Crippen LogP contribution < -0.4 is 10.4 Å². The fraction of sp³-hybridized carbons (Fsp3) is 0.321. The normalized spacial score (nSPS) is 11.5. The van der Waals surface area contributed by atoms with Gasteiger partial charge >= 0.3 is 46.5 Å². The standard InChI is InChI=1S/2C13H17Si.C2H4.2ClH.Zr/c2*1-10-8-11-6-5-7-13(12(11)9-10)14(2,3)4;1-2;;;/h2*5-9H,1-4H3;1H,2H3;2*1H;/q2*-1;;;;+2/p-2. The average Bonchev–Trinajstić information content (AvgIpc) is 3.27. The van der Waals surface area contributed by atoms with Gasteiger partial charge in [0.05, 0.1) is 16.1 Å². The maximum absolute atomic E-state index is 5.37. The Morgan fingerprint density at radius 2 is 1.03 bits per heavy atom. The van der Waals surface area contributed by atoms with Crippen LogP contribution in [0, 0.1) is 13.8 Å². The predicted molar refractivity (Wildman–Crippen MR) is 158 cm³/mol. The third-order valence-electron chi connectivity index (χ3n) is 5.62. The van der Waals surface area contributed by atoms with Crippen molar-refractivity contribution < 1.29 is 18.9 Å². The molecule has 0 amide bonds. The molecule has 33 heavy (non-hydrogen) atoms. The molecule has 0 spiro atoms. The molecule has 5 heteroatoms. The molecule has 0 radical (unpaired) electrons. The summed E-state index contributed by atoms with van der Waals surface area (Å²) in [5.74, 6) is 0. The number of fused-ring (bicyclic) bond motifs is 2. The van der Waals surface area contributed by atoms with Crippen LogP contribution in [0.25, 0.3) is 21.5 Å². The zero-order valence-corrected chi connectivity index (χ0v) is 27.6. The van der Waals surface area contributed by atoms with Crippen LogP contribution >= 0.6 is 17.0 Å². The smallest absolute Gasteiger partial charge is 0.0662 e. The molecule has 0 saturated carbocycles. The van der Waals surface area contributed by atoms with Gasteiger partial charge in [-0.3, -0.25) is 0 Å². The van der Waals surface area contributed by atoms with Crippen molar-refractivity contribution in [2.24, 2.45) is 0 Å². The second-order valence-electron chi connectivity index (χ2n) is 10.8. The molecule has 0 N–H and O–H groups in total. The van der Waals surface area contributed by atoms with Crippen molar-refractivity contribution in [3.05, 3.63) is 71.8 Å². The largest absolute Gasteiger partial charge is 0.165 e. The number of hydrogen-bond acceptors (Lipinski definition) is 0. The Labute approximate surface area is 217 Å². The number of aryl methyl sites for hydroxylation is 2. The Morgan fingerprint density at radius 3 is 1.30 bits per heavy atom. The van der Waals surface area contributed by atoms with Crippen LogP contribution in [0.4, 0.5) is 0 Å². The summed E-state index contributed by atoms with van der Waals surface area (Å²) in [5, 5.41) is 8.93. The summed E-state index contributed by atoms with van der Waals surface area (Å²) in [6, 6.07) is 22.6. The molecular weight excluding hydrogens is 555 g/mol. The topological polar surface area (TPSA) is 0 Å². The third-order valence-corrected chi connectivity index (χ3v) is 13.4. The van der Waals surface area contributed by atoms with Gasteiger partial charge in [0.2, 0.25) is 0 Å². The van der Waals surface area contributed by atoms with Crippen LogP contribution in [-0.4, -0.2) is 19.9 Å². The van der Waals surface area contributed by atoms with E-state index in [0.29, 0.717) is 0 Å². The summed E-state index contributed by atoms with van der Waals surface area (Å²) >= 11 is -1.76. The van der Waals surface area contributed by atoms with E-state index in [0.717, 1.165) is 0 Å². The molecule has 0 aliphatic carbocycles. The Balaban J connectivity index is 0.000000195. The summed E-state index contributed by atoms with van der Waals surface area (Å²) in [5.41, 5.74) is 2.76. The molecule has 0 aromatic heterocycles.